The van der Waals surface area contributed by atoms with E-state index in [0.29, 0.717) is 22.3 Å². The number of hydrogen-bond donors (Lipinski definition) is 1. The fourth-order valence-electron chi connectivity index (χ4n) is 2.06. The fourth-order valence-corrected chi connectivity index (χ4v) is 2.06. The second kappa shape index (κ2) is 7.44. The zero-order chi connectivity index (χ0) is 16.8. The number of aryl methyl sites for hydroxylation is 2. The van der Waals surface area contributed by atoms with Gasteiger partial charge >= 0.3 is 6.61 Å². The molecule has 1 N–H and O–H groups in total. The van der Waals surface area contributed by atoms with Crippen LogP contribution in [-0.2, 0) is 0 Å². The molecule has 0 fully saturated rings. The highest BCUT2D eigenvalue weighted by Gasteiger charge is 2.11. The number of hydrogen-bond acceptors (Lipinski definition) is 4. The molecule has 0 radical (unpaired) electrons. The maximum atomic E-state index is 12.3. The van der Waals surface area contributed by atoms with Crippen molar-refractivity contribution in [2.45, 2.75) is 20.5 Å². The summed E-state index contributed by atoms with van der Waals surface area (Å²) in [5.41, 5.74) is 4.54. The van der Waals surface area contributed by atoms with Crippen LogP contribution in [-0.4, -0.2) is 23.7 Å². The summed E-state index contributed by atoms with van der Waals surface area (Å²) in [5.74, 6) is -0.239. The van der Waals surface area contributed by atoms with E-state index in [-0.39, 0.29) is 11.7 Å². The third kappa shape index (κ3) is 4.57. The van der Waals surface area contributed by atoms with E-state index in [4.69, 9.17) is 0 Å². The van der Waals surface area contributed by atoms with Crippen LogP contribution in [0.5, 0.6) is 5.75 Å². The molecule has 2 aromatic rings. The summed E-state index contributed by atoms with van der Waals surface area (Å²) in [5, 5.41) is 3.85. The molecule has 0 spiro atoms. The zero-order valence-corrected chi connectivity index (χ0v) is 12.6. The smallest absolute Gasteiger partial charge is 0.387 e. The number of ether oxygens (including phenoxy) is 1. The topological polar surface area (TPSA) is 63.6 Å². The number of nitrogens with one attached hydrogen (secondary N) is 1. The van der Waals surface area contributed by atoms with Crippen LogP contribution in [0.15, 0.2) is 41.8 Å². The number of hydrazone groups is 1. The van der Waals surface area contributed by atoms with Gasteiger partial charge in [0.25, 0.3) is 5.91 Å². The Morgan fingerprint density at radius 1 is 1.35 bits per heavy atom. The van der Waals surface area contributed by atoms with E-state index in [1.165, 1.54) is 12.4 Å². The Balaban J connectivity index is 2.07. The fraction of sp³-hybridized carbons (Fsp3) is 0.188. The summed E-state index contributed by atoms with van der Waals surface area (Å²) in [6.45, 7) is 0.456. The normalized spacial score (nSPS) is 11.0. The van der Waals surface area contributed by atoms with Crippen molar-refractivity contribution >= 4 is 12.1 Å². The maximum absolute atomic E-state index is 12.3. The highest BCUT2D eigenvalue weighted by Crippen LogP contribution is 2.25. The predicted octanol–water partition coefficient (Wildman–Crippen LogP) is 3.06. The highest BCUT2D eigenvalue weighted by atomic mass is 19.3. The highest BCUT2D eigenvalue weighted by molar-refractivity contribution is 5.94. The van der Waals surface area contributed by atoms with Crippen molar-refractivity contribution in [2.24, 2.45) is 5.10 Å². The molecule has 0 saturated carbocycles. The molecule has 5 nitrogen and oxygen atoms in total. The number of carbonyl (C=O) groups excluding carboxylic acids is 1. The van der Waals surface area contributed by atoms with Gasteiger partial charge in [0.1, 0.15) is 5.75 Å². The summed E-state index contributed by atoms with van der Waals surface area (Å²) in [4.78, 5) is 15.6. The Morgan fingerprint density at radius 2 is 2.04 bits per heavy atom. The van der Waals surface area contributed by atoms with Gasteiger partial charge in [-0.05, 0) is 54.8 Å². The van der Waals surface area contributed by atoms with Crippen LogP contribution in [0.2, 0.25) is 0 Å². The Kier molecular flexibility index (Phi) is 5.35. The second-order valence-corrected chi connectivity index (χ2v) is 4.80. The van der Waals surface area contributed by atoms with E-state index in [1.54, 1.807) is 44.3 Å². The molecule has 0 aliphatic heterocycles. The summed E-state index contributed by atoms with van der Waals surface area (Å²) in [6.07, 6.45) is 4.42. The van der Waals surface area contributed by atoms with Gasteiger partial charge in [-0.15, -0.1) is 0 Å². The molecule has 1 aromatic carbocycles. The van der Waals surface area contributed by atoms with E-state index in [2.05, 4.69) is 20.2 Å². The first kappa shape index (κ1) is 16.5. The van der Waals surface area contributed by atoms with Crippen LogP contribution in [0, 0.1) is 13.8 Å². The van der Waals surface area contributed by atoms with Crippen LogP contribution in [0.4, 0.5) is 8.78 Å². The summed E-state index contributed by atoms with van der Waals surface area (Å²) >= 11 is 0. The van der Waals surface area contributed by atoms with E-state index in [9.17, 15) is 13.6 Å². The van der Waals surface area contributed by atoms with Crippen molar-refractivity contribution in [3.8, 4) is 5.75 Å². The minimum atomic E-state index is -2.87. The molecule has 1 amide bonds. The molecule has 120 valence electrons. The number of amides is 1. The van der Waals surface area contributed by atoms with E-state index in [0.717, 1.165) is 0 Å². The lowest BCUT2D eigenvalue weighted by molar-refractivity contribution is -0.0507. The summed E-state index contributed by atoms with van der Waals surface area (Å²) < 4.78 is 29.1. The molecule has 0 bridgehead atoms. The van der Waals surface area contributed by atoms with Gasteiger partial charge in [-0.25, -0.2) is 5.43 Å². The van der Waals surface area contributed by atoms with Crippen LogP contribution in [0.1, 0.15) is 27.0 Å². The molecule has 0 unspecified atom stereocenters. The number of pyridine rings is 1. The Morgan fingerprint density at radius 3 is 2.61 bits per heavy atom. The van der Waals surface area contributed by atoms with Gasteiger partial charge in [0, 0.05) is 12.4 Å². The summed E-state index contributed by atoms with van der Waals surface area (Å²) in [7, 11) is 0. The van der Waals surface area contributed by atoms with Crippen molar-refractivity contribution in [1.29, 1.82) is 0 Å². The molecule has 1 aromatic heterocycles. The van der Waals surface area contributed by atoms with Gasteiger partial charge < -0.3 is 4.74 Å². The number of aromatic nitrogens is 1. The van der Waals surface area contributed by atoms with Crippen molar-refractivity contribution in [1.82, 2.24) is 10.4 Å². The number of carbonyl (C=O) groups is 1. The molecular weight excluding hydrogens is 304 g/mol. The zero-order valence-electron chi connectivity index (χ0n) is 12.6. The molecule has 7 heteroatoms. The van der Waals surface area contributed by atoms with Crippen LogP contribution in [0.3, 0.4) is 0 Å². The standard InChI is InChI=1S/C16H15F2N3O2/c1-10-6-12(7-11(2)14(10)23-16(17)18)8-20-21-15(22)13-4-3-5-19-9-13/h3-9,16H,1-2H3,(H,21,22)/b20-8-. The van der Waals surface area contributed by atoms with Crippen molar-refractivity contribution in [3.63, 3.8) is 0 Å². The van der Waals surface area contributed by atoms with Gasteiger partial charge in [0.05, 0.1) is 11.8 Å². The van der Waals surface area contributed by atoms with Crippen LogP contribution >= 0.6 is 0 Å². The van der Waals surface area contributed by atoms with Crippen molar-refractivity contribution < 1.29 is 18.3 Å². The Labute approximate surface area is 132 Å². The molecule has 0 atom stereocenters. The first-order chi connectivity index (χ1) is 11.0. The van der Waals surface area contributed by atoms with Gasteiger partial charge in [-0.1, -0.05) is 0 Å². The molecular formula is C16H15F2N3O2. The molecule has 0 aliphatic rings. The minimum absolute atomic E-state index is 0.150. The van der Waals surface area contributed by atoms with Gasteiger partial charge in [-0.3, -0.25) is 9.78 Å². The van der Waals surface area contributed by atoms with Gasteiger partial charge in [0.15, 0.2) is 0 Å². The predicted molar refractivity (Wildman–Crippen MR) is 81.8 cm³/mol. The lowest BCUT2D eigenvalue weighted by Gasteiger charge is -2.11. The monoisotopic (exact) mass is 319 g/mol. The molecule has 0 aliphatic carbocycles. The molecule has 23 heavy (non-hydrogen) atoms. The first-order valence-electron chi connectivity index (χ1n) is 6.77. The number of halogens is 2. The maximum Gasteiger partial charge on any atom is 0.387 e. The average Bonchev–Trinajstić information content (AvgIpc) is 2.51. The van der Waals surface area contributed by atoms with E-state index >= 15 is 0 Å². The van der Waals surface area contributed by atoms with Gasteiger partial charge in [0.2, 0.25) is 0 Å². The Hall–Kier alpha value is -2.83. The lowest BCUT2D eigenvalue weighted by atomic mass is 10.1. The van der Waals surface area contributed by atoms with E-state index < -0.39 is 6.61 Å². The number of nitrogens with zero attached hydrogens (tertiary/aromatic N) is 2. The molecule has 0 saturated heterocycles. The number of alkyl halides is 2. The van der Waals surface area contributed by atoms with Crippen molar-refractivity contribution in [3.05, 3.63) is 58.9 Å². The first-order valence-corrected chi connectivity index (χ1v) is 6.77. The minimum Gasteiger partial charge on any atom is -0.434 e. The Bertz CT molecular complexity index is 696. The SMILES string of the molecule is Cc1cc(/C=N\NC(=O)c2cccnc2)cc(C)c1OC(F)F. The quantitative estimate of drug-likeness (QED) is 0.680. The van der Waals surface area contributed by atoms with Gasteiger partial charge in [-0.2, -0.15) is 13.9 Å². The van der Waals surface area contributed by atoms with Crippen molar-refractivity contribution in [2.75, 3.05) is 0 Å². The molecule has 2 rings (SSSR count). The average molecular weight is 319 g/mol. The van der Waals surface area contributed by atoms with E-state index in [1.807, 2.05) is 0 Å². The molecule has 1 heterocycles. The number of benzene rings is 1. The number of rotatable bonds is 5. The van der Waals surface area contributed by atoms with Crippen LogP contribution in [0.25, 0.3) is 0 Å². The lowest BCUT2D eigenvalue weighted by Crippen LogP contribution is -2.17. The largest absolute Gasteiger partial charge is 0.434 e. The third-order valence-corrected chi connectivity index (χ3v) is 2.99. The van der Waals surface area contributed by atoms with Crippen LogP contribution < -0.4 is 10.2 Å². The second-order valence-electron chi connectivity index (χ2n) is 4.80. The summed E-state index contributed by atoms with van der Waals surface area (Å²) in [6, 6.07) is 6.55. The third-order valence-electron chi connectivity index (χ3n) is 2.99.